The molecule has 0 aromatic rings. The van der Waals surface area contributed by atoms with Gasteiger partial charge in [-0.15, -0.1) is 0 Å². The van der Waals surface area contributed by atoms with E-state index in [-0.39, 0.29) is 5.91 Å². The minimum atomic E-state index is -0.762. The van der Waals surface area contributed by atoms with Crippen LogP contribution in [0.5, 0.6) is 0 Å². The molecule has 72 valence electrons. The maximum atomic E-state index is 10.9. The Morgan fingerprint density at radius 3 is 2.75 bits per heavy atom. The van der Waals surface area contributed by atoms with E-state index in [9.17, 15) is 4.79 Å². The van der Waals surface area contributed by atoms with E-state index in [0.29, 0.717) is 13.0 Å². The van der Waals surface area contributed by atoms with Crippen molar-refractivity contribution >= 4 is 18.5 Å². The van der Waals surface area contributed by atoms with Crippen molar-refractivity contribution in [2.75, 3.05) is 18.8 Å². The zero-order chi connectivity index (χ0) is 9.40. The molecule has 1 amide bonds. The fourth-order valence-corrected chi connectivity index (χ4v) is 0.869. The number of aliphatic hydroxyl groups excluding tert-OH is 1. The second-order valence-electron chi connectivity index (χ2n) is 2.47. The third-order valence-corrected chi connectivity index (χ3v) is 1.41. The summed E-state index contributed by atoms with van der Waals surface area (Å²) in [7, 11) is 0. The van der Waals surface area contributed by atoms with E-state index in [4.69, 9.17) is 5.11 Å². The topological polar surface area (TPSA) is 61.4 Å². The van der Waals surface area contributed by atoms with Crippen LogP contribution in [0.2, 0.25) is 0 Å². The summed E-state index contributed by atoms with van der Waals surface area (Å²) in [6.07, 6.45) is -0.374. The van der Waals surface area contributed by atoms with Crippen molar-refractivity contribution in [3.63, 3.8) is 0 Å². The summed E-state index contributed by atoms with van der Waals surface area (Å²) in [5.74, 6) is 0.620. The first-order valence-corrected chi connectivity index (χ1v) is 4.59. The van der Waals surface area contributed by atoms with E-state index in [0.717, 1.165) is 12.3 Å². The molecule has 5 heteroatoms. The third kappa shape index (κ3) is 7.84. The summed E-state index contributed by atoms with van der Waals surface area (Å²) >= 11 is 4.00. The van der Waals surface area contributed by atoms with Crippen LogP contribution in [0.4, 0.5) is 0 Å². The maximum Gasteiger partial charge on any atom is 0.223 e. The van der Waals surface area contributed by atoms with Crippen LogP contribution in [-0.2, 0) is 4.79 Å². The highest BCUT2D eigenvalue weighted by molar-refractivity contribution is 7.80. The molecule has 0 radical (unpaired) electrons. The molecule has 0 saturated heterocycles. The minimum Gasteiger partial charge on any atom is -0.374 e. The molecule has 0 aliphatic rings. The first kappa shape index (κ1) is 11.7. The van der Waals surface area contributed by atoms with Crippen molar-refractivity contribution in [2.24, 2.45) is 0 Å². The standard InChI is InChI=1S/C7H16N2O2S/c1-6(10)9-7(11)2-3-8-4-5-12/h6,8,10,12H,2-5H2,1H3,(H,9,11). The average molecular weight is 192 g/mol. The highest BCUT2D eigenvalue weighted by Gasteiger charge is 2.01. The number of carbonyl (C=O) groups is 1. The number of rotatable bonds is 6. The summed E-state index contributed by atoms with van der Waals surface area (Å²) in [5.41, 5.74) is 0. The fraction of sp³-hybridized carbons (Fsp3) is 0.857. The number of amides is 1. The Labute approximate surface area is 78.1 Å². The van der Waals surface area contributed by atoms with Crippen LogP contribution in [0.25, 0.3) is 0 Å². The van der Waals surface area contributed by atoms with E-state index < -0.39 is 6.23 Å². The number of thiol groups is 1. The Bertz CT molecular complexity index is 131. The van der Waals surface area contributed by atoms with Crippen molar-refractivity contribution in [3.05, 3.63) is 0 Å². The van der Waals surface area contributed by atoms with E-state index in [1.807, 2.05) is 0 Å². The summed E-state index contributed by atoms with van der Waals surface area (Å²) < 4.78 is 0. The lowest BCUT2D eigenvalue weighted by Gasteiger charge is -2.07. The minimum absolute atomic E-state index is 0.142. The Balaban J connectivity index is 3.20. The molecule has 1 atom stereocenters. The van der Waals surface area contributed by atoms with Crippen LogP contribution in [0.3, 0.4) is 0 Å². The van der Waals surface area contributed by atoms with Crippen LogP contribution in [0.15, 0.2) is 0 Å². The molecule has 0 fully saturated rings. The van der Waals surface area contributed by atoms with Crippen molar-refractivity contribution in [2.45, 2.75) is 19.6 Å². The summed E-state index contributed by atoms with van der Waals surface area (Å²) in [4.78, 5) is 10.9. The number of hydrogen-bond acceptors (Lipinski definition) is 4. The van der Waals surface area contributed by atoms with Crippen LogP contribution in [0.1, 0.15) is 13.3 Å². The molecule has 0 aliphatic heterocycles. The molecule has 0 aromatic carbocycles. The second kappa shape index (κ2) is 7.39. The van der Waals surface area contributed by atoms with Gasteiger partial charge in [-0.25, -0.2) is 0 Å². The highest BCUT2D eigenvalue weighted by atomic mass is 32.1. The van der Waals surface area contributed by atoms with Gasteiger partial charge < -0.3 is 15.7 Å². The largest absolute Gasteiger partial charge is 0.374 e. The predicted octanol–water partition coefficient (Wildman–Crippen LogP) is -0.650. The van der Waals surface area contributed by atoms with Gasteiger partial charge >= 0.3 is 0 Å². The van der Waals surface area contributed by atoms with Gasteiger partial charge in [0.2, 0.25) is 5.91 Å². The average Bonchev–Trinajstić information content (AvgIpc) is 1.97. The van der Waals surface area contributed by atoms with Gasteiger partial charge in [0.05, 0.1) is 0 Å². The van der Waals surface area contributed by atoms with Gasteiger partial charge in [0.15, 0.2) is 0 Å². The van der Waals surface area contributed by atoms with Gasteiger partial charge in [-0.1, -0.05) is 0 Å². The van der Waals surface area contributed by atoms with Crippen LogP contribution >= 0.6 is 12.6 Å². The number of carbonyl (C=O) groups excluding carboxylic acids is 1. The Kier molecular flexibility index (Phi) is 7.23. The van der Waals surface area contributed by atoms with Crippen molar-refractivity contribution < 1.29 is 9.90 Å². The SMILES string of the molecule is CC(O)NC(=O)CCNCCS. The van der Waals surface area contributed by atoms with Crippen molar-refractivity contribution in [1.29, 1.82) is 0 Å². The lowest BCUT2D eigenvalue weighted by molar-refractivity contribution is -0.123. The molecule has 0 spiro atoms. The zero-order valence-electron chi connectivity index (χ0n) is 7.21. The van der Waals surface area contributed by atoms with Gasteiger partial charge in [0.25, 0.3) is 0 Å². The first-order chi connectivity index (χ1) is 5.66. The van der Waals surface area contributed by atoms with Crippen LogP contribution < -0.4 is 10.6 Å². The van der Waals surface area contributed by atoms with Gasteiger partial charge in [0.1, 0.15) is 6.23 Å². The summed E-state index contributed by atoms with van der Waals surface area (Å²) in [6, 6.07) is 0. The molecule has 0 bridgehead atoms. The van der Waals surface area contributed by atoms with Crippen molar-refractivity contribution in [3.8, 4) is 0 Å². The van der Waals surface area contributed by atoms with Gasteiger partial charge in [-0.05, 0) is 6.92 Å². The first-order valence-electron chi connectivity index (χ1n) is 3.96. The quantitative estimate of drug-likeness (QED) is 0.257. The maximum absolute atomic E-state index is 10.9. The van der Waals surface area contributed by atoms with Crippen molar-refractivity contribution in [1.82, 2.24) is 10.6 Å². The van der Waals surface area contributed by atoms with E-state index >= 15 is 0 Å². The Morgan fingerprint density at radius 1 is 1.58 bits per heavy atom. The van der Waals surface area contributed by atoms with E-state index in [1.165, 1.54) is 6.92 Å². The fourth-order valence-electron chi connectivity index (χ4n) is 0.711. The molecule has 3 N–H and O–H groups in total. The molecule has 4 nitrogen and oxygen atoms in total. The van der Waals surface area contributed by atoms with Crippen LogP contribution in [-0.4, -0.2) is 36.1 Å². The van der Waals surface area contributed by atoms with E-state index in [2.05, 4.69) is 23.3 Å². The molecule has 0 aromatic heterocycles. The number of hydrogen-bond donors (Lipinski definition) is 4. The van der Waals surface area contributed by atoms with E-state index in [1.54, 1.807) is 0 Å². The predicted molar refractivity (Wildman–Crippen MR) is 51.2 cm³/mol. The highest BCUT2D eigenvalue weighted by Crippen LogP contribution is 1.80. The monoisotopic (exact) mass is 192 g/mol. The molecule has 0 heterocycles. The molecule has 0 aliphatic carbocycles. The molecule has 12 heavy (non-hydrogen) atoms. The molecular formula is C7H16N2O2S. The molecule has 1 unspecified atom stereocenters. The number of nitrogens with one attached hydrogen (secondary N) is 2. The third-order valence-electron chi connectivity index (χ3n) is 1.19. The second-order valence-corrected chi connectivity index (χ2v) is 2.91. The Morgan fingerprint density at radius 2 is 2.25 bits per heavy atom. The normalized spacial score (nSPS) is 12.6. The lowest BCUT2D eigenvalue weighted by atomic mass is 10.4. The Hall–Kier alpha value is -0.260. The summed E-state index contributed by atoms with van der Waals surface area (Å²) in [5, 5.41) is 14.2. The molecule has 0 rings (SSSR count). The number of aliphatic hydroxyl groups is 1. The van der Waals surface area contributed by atoms with Gasteiger partial charge in [-0.2, -0.15) is 12.6 Å². The smallest absolute Gasteiger partial charge is 0.223 e. The van der Waals surface area contributed by atoms with Crippen LogP contribution in [0, 0.1) is 0 Å². The molecule has 0 saturated carbocycles. The lowest BCUT2D eigenvalue weighted by Crippen LogP contribution is -2.34. The summed E-state index contributed by atoms with van der Waals surface area (Å²) in [6.45, 7) is 2.93. The molecular weight excluding hydrogens is 176 g/mol. The van der Waals surface area contributed by atoms with Gasteiger partial charge in [0, 0.05) is 25.3 Å². The zero-order valence-corrected chi connectivity index (χ0v) is 8.10. The van der Waals surface area contributed by atoms with Gasteiger partial charge in [-0.3, -0.25) is 4.79 Å².